The third-order valence-corrected chi connectivity index (χ3v) is 3.51. The number of nitrogen functional groups attached to an aromatic ring is 1. The van der Waals surface area contributed by atoms with Gasteiger partial charge in [-0.25, -0.2) is 24.0 Å². The van der Waals surface area contributed by atoms with E-state index in [0.717, 1.165) is 6.07 Å². The Labute approximate surface area is 120 Å². The molecule has 5 nitrogen and oxygen atoms in total. The van der Waals surface area contributed by atoms with Crippen LogP contribution >= 0.6 is 11.3 Å². The van der Waals surface area contributed by atoms with E-state index in [2.05, 4.69) is 20.7 Å². The minimum Gasteiger partial charge on any atom is -0.337 e. The molecule has 0 bridgehead atoms. The van der Waals surface area contributed by atoms with Crippen molar-refractivity contribution in [3.05, 3.63) is 41.0 Å². The summed E-state index contributed by atoms with van der Waals surface area (Å²) in [7, 11) is 0. The highest BCUT2D eigenvalue weighted by Gasteiger charge is 2.14. The molecule has 9 heteroatoms. The zero-order valence-electron chi connectivity index (χ0n) is 10.3. The predicted octanol–water partition coefficient (Wildman–Crippen LogP) is 3.14. The molecule has 2 heterocycles. The van der Waals surface area contributed by atoms with E-state index in [-0.39, 0.29) is 17.5 Å². The highest BCUT2D eigenvalue weighted by Crippen LogP contribution is 2.30. The molecule has 21 heavy (non-hydrogen) atoms. The lowest BCUT2D eigenvalue weighted by molar-refractivity contribution is 0.498. The molecule has 0 spiro atoms. The highest BCUT2D eigenvalue weighted by atomic mass is 32.1. The number of hydrazine groups is 1. The van der Waals surface area contributed by atoms with Gasteiger partial charge in [0.1, 0.15) is 16.5 Å². The van der Waals surface area contributed by atoms with E-state index in [1.54, 1.807) is 11.4 Å². The summed E-state index contributed by atoms with van der Waals surface area (Å²) in [5.41, 5.74) is 1.92. The fourth-order valence-corrected chi connectivity index (χ4v) is 2.55. The normalized spacial score (nSPS) is 10.9. The fourth-order valence-electron chi connectivity index (χ4n) is 1.79. The smallest absolute Gasteiger partial charge is 0.240 e. The quantitative estimate of drug-likeness (QED) is 0.393. The number of nitrogens with one attached hydrogen (secondary N) is 2. The first-order chi connectivity index (χ1) is 10.1. The van der Waals surface area contributed by atoms with Crippen molar-refractivity contribution in [1.29, 1.82) is 0 Å². The molecule has 3 aromatic rings. The molecule has 0 saturated heterocycles. The number of rotatable bonds is 3. The Hall–Kier alpha value is -2.39. The van der Waals surface area contributed by atoms with Gasteiger partial charge in [0, 0.05) is 12.1 Å². The van der Waals surface area contributed by atoms with Crippen LogP contribution in [-0.4, -0.2) is 9.97 Å². The number of nitrogens with zero attached hydrogens (tertiary/aromatic N) is 2. The molecule has 0 fully saturated rings. The molecule has 0 aliphatic rings. The molecule has 108 valence electrons. The number of thiophene rings is 1. The molecule has 2 aromatic heterocycles. The van der Waals surface area contributed by atoms with Gasteiger partial charge < -0.3 is 5.32 Å². The Bertz CT molecular complexity index is 820. The van der Waals surface area contributed by atoms with E-state index >= 15 is 0 Å². The summed E-state index contributed by atoms with van der Waals surface area (Å²) in [6.45, 7) is 0. The van der Waals surface area contributed by atoms with Crippen molar-refractivity contribution in [3.8, 4) is 0 Å². The Morgan fingerprint density at radius 3 is 2.71 bits per heavy atom. The second kappa shape index (κ2) is 5.19. The zero-order valence-corrected chi connectivity index (χ0v) is 11.1. The van der Waals surface area contributed by atoms with Crippen LogP contribution in [0, 0.1) is 17.5 Å². The third kappa shape index (κ3) is 2.48. The molecule has 0 radical (unpaired) electrons. The SMILES string of the molecule is NNc1nc(Nc2cc(F)cc(F)c2F)c2ccsc2n1. The lowest BCUT2D eigenvalue weighted by Crippen LogP contribution is -2.11. The summed E-state index contributed by atoms with van der Waals surface area (Å²) in [5, 5.41) is 4.91. The first-order valence-corrected chi connectivity index (χ1v) is 6.60. The topological polar surface area (TPSA) is 75.9 Å². The van der Waals surface area contributed by atoms with Crippen molar-refractivity contribution >= 4 is 39.0 Å². The van der Waals surface area contributed by atoms with Crippen molar-refractivity contribution in [2.45, 2.75) is 0 Å². The van der Waals surface area contributed by atoms with Crippen LogP contribution < -0.4 is 16.6 Å². The maximum absolute atomic E-state index is 13.7. The minimum absolute atomic E-state index is 0.102. The van der Waals surface area contributed by atoms with Crippen LogP contribution in [0.1, 0.15) is 0 Å². The summed E-state index contributed by atoms with van der Waals surface area (Å²) in [6.07, 6.45) is 0. The molecule has 1 aromatic carbocycles. The van der Waals surface area contributed by atoms with Crippen LogP contribution in [-0.2, 0) is 0 Å². The van der Waals surface area contributed by atoms with E-state index in [1.807, 2.05) is 0 Å². The van der Waals surface area contributed by atoms with Gasteiger partial charge in [0.25, 0.3) is 0 Å². The van der Waals surface area contributed by atoms with Crippen molar-refractivity contribution in [2.24, 2.45) is 5.84 Å². The molecule has 0 saturated carbocycles. The van der Waals surface area contributed by atoms with Crippen LogP contribution in [0.3, 0.4) is 0 Å². The number of nitrogens with two attached hydrogens (primary N) is 1. The fraction of sp³-hybridized carbons (Fsp3) is 0. The first-order valence-electron chi connectivity index (χ1n) is 5.72. The van der Waals surface area contributed by atoms with Crippen LogP contribution in [0.25, 0.3) is 10.2 Å². The van der Waals surface area contributed by atoms with Gasteiger partial charge in [-0.15, -0.1) is 11.3 Å². The molecule has 0 amide bonds. The van der Waals surface area contributed by atoms with Gasteiger partial charge in [0.05, 0.1) is 11.1 Å². The average molecular weight is 311 g/mol. The summed E-state index contributed by atoms with van der Waals surface area (Å²) in [5.74, 6) is 2.17. The van der Waals surface area contributed by atoms with E-state index in [4.69, 9.17) is 5.84 Å². The highest BCUT2D eigenvalue weighted by molar-refractivity contribution is 7.16. The first kappa shape index (κ1) is 13.6. The van der Waals surface area contributed by atoms with Crippen molar-refractivity contribution in [1.82, 2.24) is 9.97 Å². The van der Waals surface area contributed by atoms with Gasteiger partial charge in [0.2, 0.25) is 5.95 Å². The molecule has 0 unspecified atom stereocenters. The lowest BCUT2D eigenvalue weighted by Gasteiger charge is -2.10. The van der Waals surface area contributed by atoms with E-state index < -0.39 is 17.5 Å². The Morgan fingerprint density at radius 1 is 1.14 bits per heavy atom. The van der Waals surface area contributed by atoms with Crippen LogP contribution in [0.2, 0.25) is 0 Å². The van der Waals surface area contributed by atoms with Gasteiger partial charge >= 0.3 is 0 Å². The standard InChI is InChI=1S/C12H8F3N5S/c13-5-3-7(14)9(15)8(4-5)17-10-6-1-2-21-11(6)19-12(18-10)20-16/h1-4H,16H2,(H2,17,18,19,20). The van der Waals surface area contributed by atoms with Crippen LogP contribution in [0.15, 0.2) is 23.6 Å². The molecule has 0 aliphatic carbocycles. The number of halogens is 3. The molecular weight excluding hydrogens is 303 g/mol. The van der Waals surface area contributed by atoms with Gasteiger partial charge in [-0.2, -0.15) is 4.98 Å². The number of fused-ring (bicyclic) bond motifs is 1. The molecule has 0 atom stereocenters. The molecular formula is C12H8F3N5S. The Morgan fingerprint density at radius 2 is 1.95 bits per heavy atom. The van der Waals surface area contributed by atoms with Gasteiger partial charge in [-0.3, -0.25) is 5.43 Å². The maximum Gasteiger partial charge on any atom is 0.240 e. The van der Waals surface area contributed by atoms with Crippen LogP contribution in [0.4, 0.5) is 30.6 Å². The van der Waals surface area contributed by atoms with E-state index in [9.17, 15) is 13.2 Å². The summed E-state index contributed by atoms with van der Waals surface area (Å²) < 4.78 is 40.1. The Balaban J connectivity index is 2.11. The minimum atomic E-state index is -1.29. The predicted molar refractivity (Wildman–Crippen MR) is 74.8 cm³/mol. The average Bonchev–Trinajstić information content (AvgIpc) is 2.92. The van der Waals surface area contributed by atoms with E-state index in [0.29, 0.717) is 16.3 Å². The number of benzene rings is 1. The lowest BCUT2D eigenvalue weighted by atomic mass is 10.2. The summed E-state index contributed by atoms with van der Waals surface area (Å²) >= 11 is 1.32. The number of anilines is 3. The van der Waals surface area contributed by atoms with Gasteiger partial charge in [-0.05, 0) is 11.4 Å². The van der Waals surface area contributed by atoms with Crippen molar-refractivity contribution < 1.29 is 13.2 Å². The van der Waals surface area contributed by atoms with E-state index in [1.165, 1.54) is 11.3 Å². The largest absolute Gasteiger partial charge is 0.337 e. The molecule has 0 aliphatic heterocycles. The van der Waals surface area contributed by atoms with Gasteiger partial charge in [-0.1, -0.05) is 0 Å². The Kier molecular flexibility index (Phi) is 3.35. The molecule has 4 N–H and O–H groups in total. The zero-order chi connectivity index (χ0) is 15.0. The second-order valence-corrected chi connectivity index (χ2v) is 4.95. The second-order valence-electron chi connectivity index (χ2n) is 4.05. The van der Waals surface area contributed by atoms with Gasteiger partial charge in [0.15, 0.2) is 11.6 Å². The maximum atomic E-state index is 13.7. The summed E-state index contributed by atoms with van der Waals surface area (Å²) in [6, 6.07) is 3.01. The monoisotopic (exact) mass is 311 g/mol. The number of hydrogen-bond acceptors (Lipinski definition) is 6. The van der Waals surface area contributed by atoms with Crippen LogP contribution in [0.5, 0.6) is 0 Å². The third-order valence-electron chi connectivity index (χ3n) is 2.70. The number of hydrogen-bond donors (Lipinski definition) is 3. The number of aromatic nitrogens is 2. The summed E-state index contributed by atoms with van der Waals surface area (Å²) in [4.78, 5) is 8.72. The molecule has 3 rings (SSSR count). The van der Waals surface area contributed by atoms with Crippen molar-refractivity contribution in [2.75, 3.05) is 10.7 Å². The van der Waals surface area contributed by atoms with Crippen molar-refractivity contribution in [3.63, 3.8) is 0 Å².